The molecule has 0 saturated heterocycles. The van der Waals surface area contributed by atoms with E-state index in [4.69, 9.17) is 5.73 Å². The highest BCUT2D eigenvalue weighted by Crippen LogP contribution is 2.30. The smallest absolute Gasteiger partial charge is 0.240 e. The summed E-state index contributed by atoms with van der Waals surface area (Å²) in [5, 5.41) is 14.3. The van der Waals surface area contributed by atoms with Crippen molar-refractivity contribution >= 4 is 21.5 Å². The van der Waals surface area contributed by atoms with Crippen molar-refractivity contribution in [2.75, 3.05) is 5.73 Å². The Balaban J connectivity index is 1.67. The second-order valence-electron chi connectivity index (χ2n) is 7.89. The normalized spacial score (nSPS) is 22.8. The summed E-state index contributed by atoms with van der Waals surface area (Å²) in [4.78, 5) is 8.36. The number of sulfonamides is 1. The van der Waals surface area contributed by atoms with Gasteiger partial charge in [-0.25, -0.2) is 27.6 Å². The van der Waals surface area contributed by atoms with Crippen molar-refractivity contribution in [1.29, 1.82) is 0 Å². The number of nitrogens with two attached hydrogens (primary N) is 1. The van der Waals surface area contributed by atoms with E-state index >= 15 is 0 Å². The number of aryl methyl sites for hydroxylation is 1. The van der Waals surface area contributed by atoms with E-state index < -0.39 is 15.6 Å². The van der Waals surface area contributed by atoms with E-state index in [0.29, 0.717) is 42.6 Å². The molecule has 29 heavy (non-hydrogen) atoms. The molecule has 0 atom stereocenters. The fourth-order valence-electron chi connectivity index (χ4n) is 3.71. The minimum atomic E-state index is -3.71. The minimum absolute atomic E-state index is 0.174. The Morgan fingerprint density at radius 2 is 2.00 bits per heavy atom. The van der Waals surface area contributed by atoms with Crippen molar-refractivity contribution in [2.24, 2.45) is 0 Å². The molecule has 3 aromatic rings. The molecule has 0 spiro atoms. The lowest BCUT2D eigenvalue weighted by Crippen LogP contribution is -2.42. The molecule has 1 fully saturated rings. The van der Waals surface area contributed by atoms with Gasteiger partial charge in [-0.15, -0.1) is 0 Å². The molecule has 2 aromatic heterocycles. The van der Waals surface area contributed by atoms with Crippen LogP contribution in [0.2, 0.25) is 0 Å². The number of aromatic nitrogens is 4. The summed E-state index contributed by atoms with van der Waals surface area (Å²) in [6, 6.07) is 4.79. The van der Waals surface area contributed by atoms with Crippen molar-refractivity contribution in [2.45, 2.75) is 56.1 Å². The Labute approximate surface area is 169 Å². The van der Waals surface area contributed by atoms with Crippen LogP contribution in [-0.4, -0.2) is 44.7 Å². The third kappa shape index (κ3) is 3.83. The van der Waals surface area contributed by atoms with Gasteiger partial charge in [-0.05, 0) is 57.2 Å². The molecule has 0 amide bonds. The van der Waals surface area contributed by atoms with Crippen LogP contribution in [0, 0.1) is 6.92 Å². The summed E-state index contributed by atoms with van der Waals surface area (Å²) >= 11 is 0. The summed E-state index contributed by atoms with van der Waals surface area (Å²) in [6.07, 6.45) is 5.30. The van der Waals surface area contributed by atoms with Crippen LogP contribution < -0.4 is 10.5 Å². The Morgan fingerprint density at radius 1 is 1.28 bits per heavy atom. The summed E-state index contributed by atoms with van der Waals surface area (Å²) in [7, 11) is -3.71. The van der Waals surface area contributed by atoms with Crippen molar-refractivity contribution in [3.63, 3.8) is 0 Å². The maximum atomic E-state index is 13.0. The number of nitrogens with zero attached hydrogens (tertiary/aromatic N) is 4. The average Bonchev–Trinajstić information content (AvgIpc) is 3.09. The number of fused-ring (bicyclic) bond motifs is 1. The fraction of sp³-hybridized carbons (Fsp3) is 0.421. The van der Waals surface area contributed by atoms with Crippen molar-refractivity contribution in [3.05, 3.63) is 36.3 Å². The van der Waals surface area contributed by atoms with Crippen LogP contribution in [0.25, 0.3) is 16.9 Å². The highest BCUT2D eigenvalue weighted by molar-refractivity contribution is 7.89. The Hall–Kier alpha value is -2.56. The number of aliphatic hydroxyl groups is 1. The standard InChI is InChI=1S/C19H24N6O3S/c1-12-3-4-14(29(27,28)24-13-5-7-19(2,26)8-6-13)9-15(12)16-10-21-18-17(20)22-11-23-25(16)18/h3-4,9-11,13,24,26H,5-8H2,1-2H3,(H2,20,22,23)/t13-,19+. The Morgan fingerprint density at radius 3 is 2.72 bits per heavy atom. The van der Waals surface area contributed by atoms with Gasteiger partial charge in [-0.1, -0.05) is 6.07 Å². The molecule has 0 aliphatic heterocycles. The lowest BCUT2D eigenvalue weighted by atomic mass is 9.84. The third-order valence-corrected chi connectivity index (χ3v) is 7.03. The van der Waals surface area contributed by atoms with E-state index in [-0.39, 0.29) is 16.8 Å². The zero-order valence-corrected chi connectivity index (χ0v) is 17.1. The van der Waals surface area contributed by atoms with E-state index in [1.807, 2.05) is 6.92 Å². The number of hydrogen-bond donors (Lipinski definition) is 3. The number of rotatable bonds is 4. The molecule has 1 aliphatic rings. The number of anilines is 1. The molecule has 4 N–H and O–H groups in total. The lowest BCUT2D eigenvalue weighted by molar-refractivity contribution is 0.0163. The number of imidazole rings is 1. The van der Waals surface area contributed by atoms with E-state index in [9.17, 15) is 13.5 Å². The van der Waals surface area contributed by atoms with E-state index in [1.54, 1.807) is 35.8 Å². The summed E-state index contributed by atoms with van der Waals surface area (Å²) in [6.45, 7) is 3.68. The molecule has 9 nitrogen and oxygen atoms in total. The van der Waals surface area contributed by atoms with Crippen LogP contribution in [0.3, 0.4) is 0 Å². The van der Waals surface area contributed by atoms with Gasteiger partial charge in [0, 0.05) is 11.6 Å². The molecular formula is C19H24N6O3S. The predicted molar refractivity (Wildman–Crippen MR) is 109 cm³/mol. The summed E-state index contributed by atoms with van der Waals surface area (Å²) in [5.41, 5.74) is 7.77. The van der Waals surface area contributed by atoms with Gasteiger partial charge in [0.2, 0.25) is 10.0 Å². The quantitative estimate of drug-likeness (QED) is 0.588. The average molecular weight is 417 g/mol. The van der Waals surface area contributed by atoms with Crippen LogP contribution in [0.5, 0.6) is 0 Å². The van der Waals surface area contributed by atoms with Gasteiger partial charge in [0.25, 0.3) is 0 Å². The first-order valence-electron chi connectivity index (χ1n) is 9.46. The largest absolute Gasteiger partial charge is 0.390 e. The van der Waals surface area contributed by atoms with Gasteiger partial charge in [0.1, 0.15) is 6.33 Å². The number of hydrogen-bond acceptors (Lipinski definition) is 7. The van der Waals surface area contributed by atoms with Gasteiger partial charge < -0.3 is 10.8 Å². The van der Waals surface area contributed by atoms with Crippen molar-refractivity contribution in [3.8, 4) is 11.3 Å². The molecule has 2 heterocycles. The third-order valence-electron chi connectivity index (χ3n) is 5.51. The van der Waals surface area contributed by atoms with Crippen LogP contribution in [0.4, 0.5) is 5.82 Å². The second-order valence-corrected chi connectivity index (χ2v) is 9.61. The van der Waals surface area contributed by atoms with E-state index in [2.05, 4.69) is 19.8 Å². The molecular weight excluding hydrogens is 392 g/mol. The molecule has 0 radical (unpaired) electrons. The van der Waals surface area contributed by atoms with Crippen molar-refractivity contribution < 1.29 is 13.5 Å². The van der Waals surface area contributed by atoms with Crippen molar-refractivity contribution in [1.82, 2.24) is 24.3 Å². The number of nitrogens with one attached hydrogen (secondary N) is 1. The predicted octanol–water partition coefficient (Wildman–Crippen LogP) is 1.65. The van der Waals surface area contributed by atoms with Crippen LogP contribution in [0.1, 0.15) is 38.2 Å². The highest BCUT2D eigenvalue weighted by atomic mass is 32.2. The van der Waals surface area contributed by atoms with Gasteiger partial charge in [0.15, 0.2) is 11.5 Å². The van der Waals surface area contributed by atoms with Crippen LogP contribution >= 0.6 is 0 Å². The van der Waals surface area contributed by atoms with Gasteiger partial charge in [0.05, 0.1) is 22.4 Å². The fourth-order valence-corrected chi connectivity index (χ4v) is 5.04. The van der Waals surface area contributed by atoms with E-state index in [1.165, 1.54) is 6.33 Å². The Bertz CT molecular complexity index is 1160. The second kappa shape index (κ2) is 7.05. The first-order chi connectivity index (χ1) is 13.7. The van der Waals surface area contributed by atoms with Gasteiger partial charge in [-0.2, -0.15) is 5.10 Å². The van der Waals surface area contributed by atoms with Crippen LogP contribution in [0.15, 0.2) is 35.6 Å². The molecule has 1 aliphatic carbocycles. The summed E-state index contributed by atoms with van der Waals surface area (Å²) < 4.78 is 30.3. The van der Waals surface area contributed by atoms with Gasteiger partial charge >= 0.3 is 0 Å². The first-order valence-corrected chi connectivity index (χ1v) is 10.9. The molecule has 154 valence electrons. The maximum absolute atomic E-state index is 13.0. The minimum Gasteiger partial charge on any atom is -0.390 e. The maximum Gasteiger partial charge on any atom is 0.240 e. The van der Waals surface area contributed by atoms with Gasteiger partial charge in [-0.3, -0.25) is 0 Å². The number of nitrogen functional groups attached to an aromatic ring is 1. The summed E-state index contributed by atoms with van der Waals surface area (Å²) in [5.74, 6) is 0.252. The molecule has 1 saturated carbocycles. The molecule has 4 rings (SSSR count). The number of benzene rings is 1. The molecule has 0 bridgehead atoms. The Kier molecular flexibility index (Phi) is 4.80. The molecule has 10 heteroatoms. The van der Waals surface area contributed by atoms with Crippen LogP contribution in [-0.2, 0) is 10.0 Å². The first kappa shape index (κ1) is 19.7. The topological polar surface area (TPSA) is 136 Å². The zero-order chi connectivity index (χ0) is 20.8. The van der Waals surface area contributed by atoms with E-state index in [0.717, 1.165) is 5.56 Å². The lowest BCUT2D eigenvalue weighted by Gasteiger charge is -2.33. The molecule has 1 aromatic carbocycles. The molecule has 0 unspecified atom stereocenters. The zero-order valence-electron chi connectivity index (χ0n) is 16.3. The SMILES string of the molecule is Cc1ccc(S(=O)(=O)N[C@H]2CC[C@@](C)(O)CC2)cc1-c1cnc2c(N)ncnn12. The highest BCUT2D eigenvalue weighted by Gasteiger charge is 2.31. The monoisotopic (exact) mass is 416 g/mol.